The van der Waals surface area contributed by atoms with Crippen LogP contribution in [-0.4, -0.2) is 19.1 Å². The van der Waals surface area contributed by atoms with Crippen LogP contribution < -0.4 is 5.14 Å². The van der Waals surface area contributed by atoms with Gasteiger partial charge in [-0.3, -0.25) is 14.9 Å². The number of nitro groups is 1. The molecule has 0 saturated carbocycles. The number of nitrogens with zero attached hydrogens (tertiary/aromatic N) is 1. The van der Waals surface area contributed by atoms with Crippen molar-refractivity contribution in [2.24, 2.45) is 5.14 Å². The van der Waals surface area contributed by atoms with E-state index < -0.39 is 14.9 Å². The summed E-state index contributed by atoms with van der Waals surface area (Å²) in [6.45, 7) is 1.58. The third-order valence-corrected chi connectivity index (χ3v) is 5.12. The minimum atomic E-state index is -3.82. The van der Waals surface area contributed by atoms with Crippen LogP contribution in [0.5, 0.6) is 0 Å². The molecular formula is C15H13BrN2O5S. The molecule has 2 rings (SSSR count). The lowest BCUT2D eigenvalue weighted by Gasteiger charge is -2.07. The monoisotopic (exact) mass is 412 g/mol. The predicted octanol–water partition coefficient (Wildman–Crippen LogP) is 2.74. The van der Waals surface area contributed by atoms with Gasteiger partial charge in [0.1, 0.15) is 0 Å². The predicted molar refractivity (Wildman–Crippen MR) is 91.4 cm³/mol. The average Bonchev–Trinajstić information content (AvgIpc) is 2.45. The van der Waals surface area contributed by atoms with E-state index in [1.165, 1.54) is 30.3 Å². The van der Waals surface area contributed by atoms with Crippen molar-refractivity contribution < 1.29 is 18.1 Å². The van der Waals surface area contributed by atoms with Gasteiger partial charge in [-0.2, -0.15) is 0 Å². The fraction of sp³-hybridized carbons (Fsp3) is 0.133. The Morgan fingerprint density at radius 1 is 1.25 bits per heavy atom. The van der Waals surface area contributed by atoms with Crippen LogP contribution in [-0.2, 0) is 16.4 Å². The zero-order valence-corrected chi connectivity index (χ0v) is 14.9. The summed E-state index contributed by atoms with van der Waals surface area (Å²) in [5.74, 6) is -0.312. The van der Waals surface area contributed by atoms with Crippen molar-refractivity contribution in [3.8, 4) is 0 Å². The largest absolute Gasteiger partial charge is 0.294 e. The molecule has 0 aliphatic rings. The quantitative estimate of drug-likeness (QED) is 0.459. The van der Waals surface area contributed by atoms with Crippen molar-refractivity contribution >= 4 is 37.4 Å². The van der Waals surface area contributed by atoms with Gasteiger partial charge in [0, 0.05) is 18.1 Å². The van der Waals surface area contributed by atoms with Gasteiger partial charge in [0.05, 0.1) is 14.3 Å². The molecular weight excluding hydrogens is 400 g/mol. The maximum atomic E-state index is 12.3. The number of hydrogen-bond donors (Lipinski definition) is 1. The molecule has 2 N–H and O–H groups in total. The summed E-state index contributed by atoms with van der Waals surface area (Å²) < 4.78 is 23.1. The highest BCUT2D eigenvalue weighted by Crippen LogP contribution is 2.26. The van der Waals surface area contributed by atoms with E-state index >= 15 is 0 Å². The summed E-state index contributed by atoms with van der Waals surface area (Å²) in [4.78, 5) is 22.7. The first-order valence-corrected chi connectivity index (χ1v) is 9.03. The smallest absolute Gasteiger partial charge is 0.284 e. The molecule has 126 valence electrons. The van der Waals surface area contributed by atoms with Gasteiger partial charge in [-0.05, 0) is 52.2 Å². The Hall–Kier alpha value is -2.10. The molecule has 0 heterocycles. The number of nitrogens with two attached hydrogens (primary N) is 1. The lowest BCUT2D eigenvalue weighted by atomic mass is 10.0. The molecule has 0 unspecified atom stereocenters. The fourth-order valence-electron chi connectivity index (χ4n) is 2.25. The number of Topliss-reactive ketones (excluding diaryl/α,β-unsaturated/α-hetero) is 1. The third-order valence-electron chi connectivity index (χ3n) is 3.38. The van der Waals surface area contributed by atoms with Gasteiger partial charge in [-0.1, -0.05) is 12.1 Å². The van der Waals surface area contributed by atoms with Crippen LogP contribution in [0.2, 0.25) is 0 Å². The van der Waals surface area contributed by atoms with Gasteiger partial charge < -0.3 is 0 Å². The van der Waals surface area contributed by atoms with Gasteiger partial charge in [-0.15, -0.1) is 0 Å². The number of carbonyl (C=O) groups is 1. The lowest BCUT2D eigenvalue weighted by molar-refractivity contribution is -0.385. The fourth-order valence-corrected chi connectivity index (χ4v) is 3.41. The number of hydrogen-bond acceptors (Lipinski definition) is 5. The van der Waals surface area contributed by atoms with E-state index in [1.54, 1.807) is 13.0 Å². The first kappa shape index (κ1) is 18.2. The van der Waals surface area contributed by atoms with E-state index in [0.717, 1.165) is 0 Å². The summed E-state index contributed by atoms with van der Waals surface area (Å²) in [5.41, 5.74) is 1.04. The third kappa shape index (κ3) is 4.05. The maximum absolute atomic E-state index is 12.3. The minimum Gasteiger partial charge on any atom is -0.294 e. The zero-order valence-electron chi connectivity index (χ0n) is 12.5. The Labute approximate surface area is 146 Å². The number of benzene rings is 2. The van der Waals surface area contributed by atoms with Gasteiger partial charge in [0.25, 0.3) is 5.69 Å². The van der Waals surface area contributed by atoms with E-state index in [4.69, 9.17) is 5.14 Å². The molecule has 0 amide bonds. The molecule has 0 atom stereocenters. The van der Waals surface area contributed by atoms with E-state index in [-0.39, 0.29) is 32.8 Å². The van der Waals surface area contributed by atoms with Gasteiger partial charge in [0.15, 0.2) is 5.78 Å². The molecule has 2 aromatic rings. The van der Waals surface area contributed by atoms with Crippen LogP contribution in [0.3, 0.4) is 0 Å². The normalized spacial score (nSPS) is 11.3. The molecule has 0 spiro atoms. The van der Waals surface area contributed by atoms with Gasteiger partial charge >= 0.3 is 0 Å². The first-order valence-electron chi connectivity index (χ1n) is 6.69. The Balaban J connectivity index is 2.29. The molecule has 0 aliphatic carbocycles. The number of aryl methyl sites for hydroxylation is 1. The van der Waals surface area contributed by atoms with Crippen molar-refractivity contribution in [1.82, 2.24) is 0 Å². The second-order valence-corrected chi connectivity index (χ2v) is 7.55. The van der Waals surface area contributed by atoms with Crippen molar-refractivity contribution in [2.45, 2.75) is 18.2 Å². The first-order chi connectivity index (χ1) is 11.1. The Morgan fingerprint density at radius 2 is 1.92 bits per heavy atom. The zero-order chi connectivity index (χ0) is 18.1. The van der Waals surface area contributed by atoms with Gasteiger partial charge in [0.2, 0.25) is 10.0 Å². The van der Waals surface area contributed by atoms with Crippen LogP contribution in [0.25, 0.3) is 0 Å². The molecule has 0 bridgehead atoms. The molecule has 2 aromatic carbocycles. The van der Waals surface area contributed by atoms with Crippen molar-refractivity contribution in [2.75, 3.05) is 0 Å². The van der Waals surface area contributed by atoms with Crippen molar-refractivity contribution in [3.63, 3.8) is 0 Å². The number of sulfonamides is 1. The van der Waals surface area contributed by atoms with E-state index in [1.807, 2.05) is 0 Å². The highest BCUT2D eigenvalue weighted by molar-refractivity contribution is 9.10. The van der Waals surface area contributed by atoms with E-state index in [2.05, 4.69) is 15.9 Å². The molecule has 0 saturated heterocycles. The highest BCUT2D eigenvalue weighted by Gasteiger charge is 2.17. The van der Waals surface area contributed by atoms with Crippen LogP contribution in [0.15, 0.2) is 45.8 Å². The SMILES string of the molecule is Cc1cc(CC(=O)c2ccc(Br)c([N+](=O)[O-])c2)ccc1S(N)(=O)=O. The number of rotatable bonds is 5. The molecule has 0 aromatic heterocycles. The number of halogens is 1. The van der Waals surface area contributed by atoms with Crippen LogP contribution in [0.1, 0.15) is 21.5 Å². The number of ketones is 1. The minimum absolute atomic E-state index is 0.00187. The molecule has 9 heteroatoms. The molecule has 0 radical (unpaired) electrons. The average molecular weight is 413 g/mol. The molecule has 24 heavy (non-hydrogen) atoms. The summed E-state index contributed by atoms with van der Waals surface area (Å²) in [6, 6.07) is 8.55. The van der Waals surface area contributed by atoms with Gasteiger partial charge in [-0.25, -0.2) is 13.6 Å². The number of primary sulfonamides is 1. The Morgan fingerprint density at radius 3 is 2.46 bits per heavy atom. The summed E-state index contributed by atoms with van der Waals surface area (Å²) in [7, 11) is -3.82. The Kier molecular flexibility index (Phi) is 5.16. The molecule has 0 fully saturated rings. The number of nitro benzene ring substituents is 1. The van der Waals surface area contributed by atoms with E-state index in [9.17, 15) is 23.3 Å². The van der Waals surface area contributed by atoms with Crippen LogP contribution in [0.4, 0.5) is 5.69 Å². The second-order valence-electron chi connectivity index (χ2n) is 5.17. The highest BCUT2D eigenvalue weighted by atomic mass is 79.9. The van der Waals surface area contributed by atoms with Crippen LogP contribution in [0, 0.1) is 17.0 Å². The summed E-state index contributed by atoms with van der Waals surface area (Å²) >= 11 is 3.06. The lowest BCUT2D eigenvalue weighted by Crippen LogP contribution is -2.14. The van der Waals surface area contributed by atoms with E-state index in [0.29, 0.717) is 11.1 Å². The topological polar surface area (TPSA) is 120 Å². The van der Waals surface area contributed by atoms with Crippen molar-refractivity contribution in [1.29, 1.82) is 0 Å². The molecule has 7 nitrogen and oxygen atoms in total. The Bertz CT molecular complexity index is 941. The number of carbonyl (C=O) groups excluding carboxylic acids is 1. The second kappa shape index (κ2) is 6.80. The standard InChI is InChI=1S/C15H13BrN2O5S/c1-9-6-10(2-5-15(9)24(17,22)23)7-14(19)11-3-4-12(16)13(8-11)18(20)21/h2-6,8H,7H2,1H3,(H2,17,22,23). The van der Waals surface area contributed by atoms with Crippen molar-refractivity contribution in [3.05, 3.63) is 67.7 Å². The molecule has 0 aliphatic heterocycles. The maximum Gasteiger partial charge on any atom is 0.284 e. The summed E-state index contributed by atoms with van der Waals surface area (Å²) in [5, 5.41) is 16.0. The summed E-state index contributed by atoms with van der Waals surface area (Å²) in [6.07, 6.45) is -0.00940. The van der Waals surface area contributed by atoms with Crippen LogP contribution >= 0.6 is 15.9 Å².